The quantitative estimate of drug-likeness (QED) is 0.779. The van der Waals surface area contributed by atoms with Gasteiger partial charge in [-0.05, 0) is 44.9 Å². The van der Waals surface area contributed by atoms with Crippen LogP contribution in [0.5, 0.6) is 0 Å². The maximum Gasteiger partial charge on any atom is 0.242 e. The minimum atomic E-state index is -3.45. The molecule has 0 spiro atoms. The Morgan fingerprint density at radius 3 is 2.42 bits per heavy atom. The zero-order chi connectivity index (χ0) is 13.9. The maximum atomic E-state index is 11.9. The van der Waals surface area contributed by atoms with Gasteiger partial charge in [0.25, 0.3) is 0 Å². The smallest absolute Gasteiger partial charge is 0.242 e. The molecule has 0 radical (unpaired) electrons. The van der Waals surface area contributed by atoms with Crippen LogP contribution in [0, 0.1) is 0 Å². The predicted octanol–water partition coefficient (Wildman–Crippen LogP) is 1.31. The highest BCUT2D eigenvalue weighted by Crippen LogP contribution is 2.26. The third kappa shape index (κ3) is 3.46. The number of nitrogens with one attached hydrogen (secondary N) is 2. The van der Waals surface area contributed by atoms with Crippen molar-refractivity contribution in [3.63, 3.8) is 0 Å². The average Bonchev–Trinajstić information content (AvgIpc) is 2.42. The number of para-hydroxylation sites is 1. The van der Waals surface area contributed by atoms with Gasteiger partial charge in [-0.25, -0.2) is 13.1 Å². The average molecular weight is 284 g/mol. The van der Waals surface area contributed by atoms with Gasteiger partial charge in [0, 0.05) is 6.04 Å². The van der Waals surface area contributed by atoms with E-state index in [1.165, 1.54) is 7.05 Å². The number of rotatable bonds is 4. The standard InChI is InChI=1S/C13H20N2O3S/c1-14-19(17,18)13-5-3-2-4-12(13)15-10-6-8-11(16)9-7-10/h2-5,10-11,14-16H,6-9H2,1H3. The highest BCUT2D eigenvalue weighted by Gasteiger charge is 2.22. The SMILES string of the molecule is CNS(=O)(=O)c1ccccc1NC1CCC(O)CC1. The molecule has 0 atom stereocenters. The van der Waals surface area contributed by atoms with Crippen LogP contribution in [0.25, 0.3) is 0 Å². The third-order valence-corrected chi connectivity index (χ3v) is 4.97. The van der Waals surface area contributed by atoms with Crippen molar-refractivity contribution in [2.24, 2.45) is 0 Å². The Morgan fingerprint density at radius 1 is 1.16 bits per heavy atom. The molecular weight excluding hydrogens is 264 g/mol. The summed E-state index contributed by atoms with van der Waals surface area (Å²) in [6.45, 7) is 0. The number of anilines is 1. The molecule has 1 saturated carbocycles. The van der Waals surface area contributed by atoms with Crippen LogP contribution in [-0.2, 0) is 10.0 Å². The van der Waals surface area contributed by atoms with Crippen LogP contribution in [0.3, 0.4) is 0 Å². The van der Waals surface area contributed by atoms with Gasteiger partial charge < -0.3 is 10.4 Å². The lowest BCUT2D eigenvalue weighted by atomic mass is 9.93. The van der Waals surface area contributed by atoms with Gasteiger partial charge in [0.05, 0.1) is 11.8 Å². The van der Waals surface area contributed by atoms with E-state index in [0.717, 1.165) is 25.7 Å². The minimum absolute atomic E-state index is 0.214. The summed E-state index contributed by atoms with van der Waals surface area (Å²) in [7, 11) is -2.05. The molecule has 0 saturated heterocycles. The lowest BCUT2D eigenvalue weighted by molar-refractivity contribution is 0.126. The van der Waals surface area contributed by atoms with Crippen molar-refractivity contribution >= 4 is 15.7 Å². The Kier molecular flexibility index (Phi) is 4.44. The largest absolute Gasteiger partial charge is 0.393 e. The van der Waals surface area contributed by atoms with E-state index >= 15 is 0 Å². The van der Waals surface area contributed by atoms with Crippen molar-refractivity contribution in [2.45, 2.75) is 42.7 Å². The zero-order valence-electron chi connectivity index (χ0n) is 11.0. The molecule has 0 amide bonds. The molecular formula is C13H20N2O3S. The topological polar surface area (TPSA) is 78.4 Å². The Morgan fingerprint density at radius 2 is 1.79 bits per heavy atom. The number of sulfonamides is 1. The minimum Gasteiger partial charge on any atom is -0.393 e. The van der Waals surface area contributed by atoms with Crippen molar-refractivity contribution in [3.05, 3.63) is 24.3 Å². The Bertz CT molecular complexity index is 522. The monoisotopic (exact) mass is 284 g/mol. The van der Waals surface area contributed by atoms with Crippen molar-refractivity contribution < 1.29 is 13.5 Å². The molecule has 0 bridgehead atoms. The van der Waals surface area contributed by atoms with Crippen LogP contribution in [0.1, 0.15) is 25.7 Å². The second-order valence-electron chi connectivity index (χ2n) is 4.85. The van der Waals surface area contributed by atoms with Crippen molar-refractivity contribution in [1.82, 2.24) is 4.72 Å². The molecule has 5 nitrogen and oxygen atoms in total. The van der Waals surface area contributed by atoms with E-state index in [0.29, 0.717) is 5.69 Å². The van der Waals surface area contributed by atoms with Gasteiger partial charge in [-0.15, -0.1) is 0 Å². The van der Waals surface area contributed by atoms with Crippen molar-refractivity contribution in [3.8, 4) is 0 Å². The first-order valence-corrected chi connectivity index (χ1v) is 7.98. The maximum absolute atomic E-state index is 11.9. The van der Waals surface area contributed by atoms with Gasteiger partial charge in [-0.2, -0.15) is 0 Å². The second kappa shape index (κ2) is 5.90. The molecule has 6 heteroatoms. The summed E-state index contributed by atoms with van der Waals surface area (Å²) in [6.07, 6.45) is 3.02. The summed E-state index contributed by atoms with van der Waals surface area (Å²) in [6, 6.07) is 7.10. The Labute approximate surface area is 114 Å². The van der Waals surface area contributed by atoms with E-state index in [2.05, 4.69) is 10.0 Å². The Hall–Kier alpha value is -1.11. The molecule has 2 rings (SSSR count). The fourth-order valence-electron chi connectivity index (χ4n) is 2.37. The van der Waals surface area contributed by atoms with Crippen molar-refractivity contribution in [2.75, 3.05) is 12.4 Å². The first-order valence-electron chi connectivity index (χ1n) is 6.50. The molecule has 1 fully saturated rings. The summed E-state index contributed by atoms with van der Waals surface area (Å²) >= 11 is 0. The van der Waals surface area contributed by atoms with Crippen LogP contribution in [0.4, 0.5) is 5.69 Å². The van der Waals surface area contributed by atoms with Gasteiger partial charge in [0.2, 0.25) is 10.0 Å². The van der Waals surface area contributed by atoms with Crippen LogP contribution in [0.2, 0.25) is 0 Å². The van der Waals surface area contributed by atoms with Crippen LogP contribution >= 0.6 is 0 Å². The lowest BCUT2D eigenvalue weighted by Crippen LogP contribution is -2.29. The van der Waals surface area contributed by atoms with E-state index in [1.54, 1.807) is 18.2 Å². The molecule has 0 aromatic heterocycles. The molecule has 3 N–H and O–H groups in total. The fraction of sp³-hybridized carbons (Fsp3) is 0.538. The summed E-state index contributed by atoms with van der Waals surface area (Å²) in [5.74, 6) is 0. The number of aliphatic hydroxyl groups excluding tert-OH is 1. The number of aliphatic hydroxyl groups is 1. The molecule has 1 aromatic rings. The highest BCUT2D eigenvalue weighted by molar-refractivity contribution is 7.89. The van der Waals surface area contributed by atoms with Crippen LogP contribution < -0.4 is 10.0 Å². The van der Waals surface area contributed by atoms with E-state index in [1.807, 2.05) is 6.07 Å². The summed E-state index contributed by atoms with van der Waals surface area (Å²) in [5.41, 5.74) is 0.623. The molecule has 1 aromatic carbocycles. The molecule has 1 aliphatic rings. The zero-order valence-corrected chi connectivity index (χ0v) is 11.8. The molecule has 1 aliphatic carbocycles. The summed E-state index contributed by atoms with van der Waals surface area (Å²) in [5, 5.41) is 12.8. The molecule has 19 heavy (non-hydrogen) atoms. The second-order valence-corrected chi connectivity index (χ2v) is 6.71. The van der Waals surface area contributed by atoms with Gasteiger partial charge in [0.15, 0.2) is 0 Å². The van der Waals surface area contributed by atoms with Crippen molar-refractivity contribution in [1.29, 1.82) is 0 Å². The van der Waals surface area contributed by atoms with Crippen LogP contribution in [-0.4, -0.2) is 32.7 Å². The van der Waals surface area contributed by atoms with Gasteiger partial charge in [-0.1, -0.05) is 12.1 Å². The predicted molar refractivity (Wildman–Crippen MR) is 74.6 cm³/mol. The molecule has 0 heterocycles. The van der Waals surface area contributed by atoms with E-state index in [4.69, 9.17) is 0 Å². The molecule has 0 aliphatic heterocycles. The Balaban J connectivity index is 2.17. The summed E-state index contributed by atoms with van der Waals surface area (Å²) < 4.78 is 26.2. The van der Waals surface area contributed by atoms with E-state index in [9.17, 15) is 13.5 Å². The van der Waals surface area contributed by atoms with Crippen LogP contribution in [0.15, 0.2) is 29.2 Å². The van der Waals surface area contributed by atoms with Gasteiger partial charge in [0.1, 0.15) is 4.90 Å². The molecule has 0 unspecified atom stereocenters. The first kappa shape index (κ1) is 14.3. The molecule has 106 valence electrons. The third-order valence-electron chi connectivity index (χ3n) is 3.50. The van der Waals surface area contributed by atoms with E-state index in [-0.39, 0.29) is 17.0 Å². The number of hydrogen-bond acceptors (Lipinski definition) is 4. The first-order chi connectivity index (χ1) is 9.03. The number of hydrogen-bond donors (Lipinski definition) is 3. The lowest BCUT2D eigenvalue weighted by Gasteiger charge is -2.27. The highest BCUT2D eigenvalue weighted by atomic mass is 32.2. The van der Waals surface area contributed by atoms with E-state index < -0.39 is 10.0 Å². The van der Waals surface area contributed by atoms with Gasteiger partial charge in [-0.3, -0.25) is 0 Å². The normalized spacial score (nSPS) is 24.1. The van der Waals surface area contributed by atoms with Gasteiger partial charge >= 0.3 is 0 Å². The summed E-state index contributed by atoms with van der Waals surface area (Å²) in [4.78, 5) is 0.267. The fourth-order valence-corrected chi connectivity index (χ4v) is 3.26. The number of benzene rings is 1.